The second-order valence-electron chi connectivity index (χ2n) is 4.84. The monoisotopic (exact) mass is 283 g/mol. The highest BCUT2D eigenvalue weighted by molar-refractivity contribution is 6.03. The third kappa shape index (κ3) is 3.60. The Bertz CT molecular complexity index is 621. The molecule has 0 aliphatic carbocycles. The van der Waals surface area contributed by atoms with Crippen LogP contribution in [-0.2, 0) is 0 Å². The molecule has 0 unspecified atom stereocenters. The fourth-order valence-electron chi connectivity index (χ4n) is 2.23. The van der Waals surface area contributed by atoms with Crippen molar-refractivity contribution >= 4 is 17.3 Å². The Kier molecular flexibility index (Phi) is 4.93. The molecular weight excluding hydrogens is 262 g/mol. The number of pyridine rings is 1. The lowest BCUT2D eigenvalue weighted by atomic mass is 10.2. The Balaban J connectivity index is 2.20. The van der Waals surface area contributed by atoms with Crippen LogP contribution in [0.25, 0.3) is 0 Å². The van der Waals surface area contributed by atoms with E-state index < -0.39 is 0 Å². The average Bonchev–Trinajstić information content (AvgIpc) is 2.51. The summed E-state index contributed by atoms with van der Waals surface area (Å²) in [5, 5.41) is 2.91. The molecule has 1 aromatic heterocycles. The van der Waals surface area contributed by atoms with Crippen molar-refractivity contribution < 1.29 is 4.79 Å². The third-order valence-corrected chi connectivity index (χ3v) is 3.50. The van der Waals surface area contributed by atoms with E-state index in [0.717, 1.165) is 30.0 Å². The maximum Gasteiger partial charge on any atom is 0.274 e. The van der Waals surface area contributed by atoms with Crippen LogP contribution in [0.15, 0.2) is 42.6 Å². The van der Waals surface area contributed by atoms with Crippen molar-refractivity contribution in [1.29, 1.82) is 0 Å². The van der Waals surface area contributed by atoms with Gasteiger partial charge in [0.1, 0.15) is 5.69 Å². The molecule has 2 aromatic rings. The van der Waals surface area contributed by atoms with Gasteiger partial charge in [-0.2, -0.15) is 0 Å². The standard InChI is InChI=1S/C17H21N3O/c1-4-20(5-2)14-10-11-18-16(12-14)17(21)19-15-9-7-6-8-13(15)3/h6-12H,4-5H2,1-3H3,(H,19,21). The Morgan fingerprint density at radius 3 is 2.57 bits per heavy atom. The Morgan fingerprint density at radius 2 is 1.90 bits per heavy atom. The van der Waals surface area contributed by atoms with Gasteiger partial charge in [0.25, 0.3) is 5.91 Å². The molecule has 1 N–H and O–H groups in total. The summed E-state index contributed by atoms with van der Waals surface area (Å²) in [4.78, 5) is 18.7. The number of para-hydroxylation sites is 1. The van der Waals surface area contributed by atoms with Crippen molar-refractivity contribution in [2.24, 2.45) is 0 Å². The first-order chi connectivity index (χ1) is 10.2. The molecular formula is C17H21N3O. The summed E-state index contributed by atoms with van der Waals surface area (Å²) in [6.45, 7) is 7.96. The van der Waals surface area contributed by atoms with Crippen LogP contribution >= 0.6 is 0 Å². The number of aromatic nitrogens is 1. The van der Waals surface area contributed by atoms with Gasteiger partial charge in [-0.05, 0) is 44.5 Å². The van der Waals surface area contributed by atoms with Gasteiger partial charge in [0.05, 0.1) is 0 Å². The topological polar surface area (TPSA) is 45.2 Å². The van der Waals surface area contributed by atoms with Crippen LogP contribution in [0.1, 0.15) is 29.9 Å². The lowest BCUT2D eigenvalue weighted by molar-refractivity contribution is 0.102. The van der Waals surface area contributed by atoms with Crippen LogP contribution in [0.2, 0.25) is 0 Å². The van der Waals surface area contributed by atoms with Crippen LogP contribution in [0.5, 0.6) is 0 Å². The van der Waals surface area contributed by atoms with Gasteiger partial charge in [0.2, 0.25) is 0 Å². The fraction of sp³-hybridized carbons (Fsp3) is 0.294. The van der Waals surface area contributed by atoms with E-state index in [4.69, 9.17) is 0 Å². The van der Waals surface area contributed by atoms with Crippen molar-refractivity contribution in [3.63, 3.8) is 0 Å². The maximum absolute atomic E-state index is 12.3. The maximum atomic E-state index is 12.3. The molecule has 1 heterocycles. The summed E-state index contributed by atoms with van der Waals surface area (Å²) >= 11 is 0. The zero-order chi connectivity index (χ0) is 15.2. The molecule has 21 heavy (non-hydrogen) atoms. The Labute approximate surface area is 125 Å². The molecule has 0 fully saturated rings. The number of carbonyl (C=O) groups excluding carboxylic acids is 1. The highest BCUT2D eigenvalue weighted by Crippen LogP contribution is 2.17. The number of nitrogens with zero attached hydrogens (tertiary/aromatic N) is 2. The summed E-state index contributed by atoms with van der Waals surface area (Å²) in [6, 6.07) is 11.5. The van der Waals surface area contributed by atoms with Crippen molar-refractivity contribution in [3.05, 3.63) is 53.9 Å². The minimum absolute atomic E-state index is 0.182. The molecule has 4 heteroatoms. The van der Waals surface area contributed by atoms with Crippen LogP contribution in [-0.4, -0.2) is 24.0 Å². The van der Waals surface area contributed by atoms with Crippen molar-refractivity contribution in [2.45, 2.75) is 20.8 Å². The molecule has 0 radical (unpaired) electrons. The second kappa shape index (κ2) is 6.88. The number of benzene rings is 1. The van der Waals surface area contributed by atoms with E-state index in [2.05, 4.69) is 29.0 Å². The highest BCUT2D eigenvalue weighted by Gasteiger charge is 2.11. The third-order valence-electron chi connectivity index (χ3n) is 3.50. The molecule has 0 spiro atoms. The Hall–Kier alpha value is -2.36. The number of anilines is 2. The molecule has 0 saturated heterocycles. The molecule has 0 aliphatic rings. The molecule has 110 valence electrons. The first kappa shape index (κ1) is 15.0. The quantitative estimate of drug-likeness (QED) is 0.913. The van der Waals surface area contributed by atoms with Gasteiger partial charge in [-0.25, -0.2) is 0 Å². The summed E-state index contributed by atoms with van der Waals surface area (Å²) in [5.74, 6) is -0.182. The van der Waals surface area contributed by atoms with Crippen LogP contribution in [0.3, 0.4) is 0 Å². The number of rotatable bonds is 5. The van der Waals surface area contributed by atoms with E-state index in [-0.39, 0.29) is 5.91 Å². The highest BCUT2D eigenvalue weighted by atomic mass is 16.1. The minimum atomic E-state index is -0.182. The SMILES string of the molecule is CCN(CC)c1ccnc(C(=O)Nc2ccccc2C)c1. The molecule has 1 aromatic carbocycles. The number of aryl methyl sites for hydroxylation is 1. The van der Waals surface area contributed by atoms with E-state index in [1.54, 1.807) is 6.20 Å². The predicted molar refractivity (Wildman–Crippen MR) is 86.9 cm³/mol. The van der Waals surface area contributed by atoms with Gasteiger partial charge < -0.3 is 10.2 Å². The van der Waals surface area contributed by atoms with Gasteiger partial charge in [0, 0.05) is 30.7 Å². The van der Waals surface area contributed by atoms with Crippen LogP contribution in [0, 0.1) is 6.92 Å². The summed E-state index contributed by atoms with van der Waals surface area (Å²) in [5.41, 5.74) is 3.30. The van der Waals surface area contributed by atoms with Crippen LogP contribution < -0.4 is 10.2 Å². The summed E-state index contributed by atoms with van der Waals surface area (Å²) in [7, 11) is 0. The molecule has 1 amide bonds. The number of nitrogens with one attached hydrogen (secondary N) is 1. The largest absolute Gasteiger partial charge is 0.372 e. The molecule has 0 bridgehead atoms. The van der Waals surface area contributed by atoms with E-state index >= 15 is 0 Å². The Morgan fingerprint density at radius 1 is 1.19 bits per heavy atom. The zero-order valence-corrected chi connectivity index (χ0v) is 12.8. The van der Waals surface area contributed by atoms with Crippen molar-refractivity contribution in [2.75, 3.05) is 23.3 Å². The smallest absolute Gasteiger partial charge is 0.274 e. The first-order valence-corrected chi connectivity index (χ1v) is 7.23. The second-order valence-corrected chi connectivity index (χ2v) is 4.84. The van der Waals surface area contributed by atoms with Crippen molar-refractivity contribution in [1.82, 2.24) is 4.98 Å². The zero-order valence-electron chi connectivity index (χ0n) is 12.8. The minimum Gasteiger partial charge on any atom is -0.372 e. The lowest BCUT2D eigenvalue weighted by Gasteiger charge is -2.21. The molecule has 4 nitrogen and oxygen atoms in total. The number of carbonyl (C=O) groups is 1. The normalized spacial score (nSPS) is 10.2. The van der Waals surface area contributed by atoms with E-state index in [0.29, 0.717) is 5.69 Å². The summed E-state index contributed by atoms with van der Waals surface area (Å²) in [6.07, 6.45) is 1.68. The van der Waals surface area contributed by atoms with Gasteiger partial charge >= 0.3 is 0 Å². The summed E-state index contributed by atoms with van der Waals surface area (Å²) < 4.78 is 0. The van der Waals surface area contributed by atoms with E-state index in [9.17, 15) is 4.79 Å². The first-order valence-electron chi connectivity index (χ1n) is 7.23. The van der Waals surface area contributed by atoms with Gasteiger partial charge in [-0.1, -0.05) is 18.2 Å². The van der Waals surface area contributed by atoms with E-state index in [1.807, 2.05) is 43.3 Å². The average molecular weight is 283 g/mol. The van der Waals surface area contributed by atoms with E-state index in [1.165, 1.54) is 0 Å². The number of amides is 1. The predicted octanol–water partition coefficient (Wildman–Crippen LogP) is 3.49. The van der Waals surface area contributed by atoms with Crippen molar-refractivity contribution in [3.8, 4) is 0 Å². The van der Waals surface area contributed by atoms with Gasteiger partial charge in [0.15, 0.2) is 0 Å². The lowest BCUT2D eigenvalue weighted by Crippen LogP contribution is -2.23. The van der Waals surface area contributed by atoms with Gasteiger partial charge in [-0.3, -0.25) is 9.78 Å². The number of hydrogen-bond donors (Lipinski definition) is 1. The molecule has 0 atom stereocenters. The van der Waals surface area contributed by atoms with Crippen LogP contribution in [0.4, 0.5) is 11.4 Å². The molecule has 0 aliphatic heterocycles. The molecule has 0 saturated carbocycles. The molecule has 2 rings (SSSR count). The number of hydrogen-bond acceptors (Lipinski definition) is 3. The van der Waals surface area contributed by atoms with Gasteiger partial charge in [-0.15, -0.1) is 0 Å². The fourth-order valence-corrected chi connectivity index (χ4v) is 2.23.